The van der Waals surface area contributed by atoms with E-state index in [9.17, 15) is 14.4 Å². The maximum atomic E-state index is 12.9. The second-order valence-electron chi connectivity index (χ2n) is 9.36. The zero-order valence-corrected chi connectivity index (χ0v) is 22.8. The van der Waals surface area contributed by atoms with Crippen molar-refractivity contribution in [1.82, 2.24) is 25.2 Å². The molecule has 0 bridgehead atoms. The standard InChI is InChI=1S/C29H34N6O6/c1-2-40-18-23-34-25-26(20-11-6-7-12-21(20)32-27(25)30)35(23)16-8-15-31-28(38)22(13-14-24(36)37)33-29(39)41-17-19-9-4-3-5-10-19/h3-7,9-12,22H,2,8,13-18H2,1H3,(H2,30,32)(H,31,38)(H,33,39)(H,36,37)/t22-/m0/s1. The van der Waals surface area contributed by atoms with Gasteiger partial charge in [-0.1, -0.05) is 48.5 Å². The number of nitrogen functional groups attached to an aromatic ring is 1. The van der Waals surface area contributed by atoms with Crippen LogP contribution in [0.1, 0.15) is 37.6 Å². The van der Waals surface area contributed by atoms with Crippen LogP contribution in [0.4, 0.5) is 10.6 Å². The van der Waals surface area contributed by atoms with Gasteiger partial charge >= 0.3 is 12.1 Å². The highest BCUT2D eigenvalue weighted by molar-refractivity contribution is 6.06. The number of pyridine rings is 1. The van der Waals surface area contributed by atoms with E-state index in [0.29, 0.717) is 36.7 Å². The molecule has 5 N–H and O–H groups in total. The first kappa shape index (κ1) is 29.3. The van der Waals surface area contributed by atoms with Crippen LogP contribution in [0.5, 0.6) is 0 Å². The summed E-state index contributed by atoms with van der Waals surface area (Å²) in [6, 6.07) is 15.7. The number of para-hydroxylation sites is 1. The number of carbonyl (C=O) groups is 3. The Balaban J connectivity index is 1.41. The summed E-state index contributed by atoms with van der Waals surface area (Å²) in [5.41, 5.74) is 9.21. The number of amides is 2. The molecule has 0 aliphatic carbocycles. The summed E-state index contributed by atoms with van der Waals surface area (Å²) in [4.78, 5) is 45.6. The fraction of sp³-hybridized carbons (Fsp3) is 0.345. The first-order valence-electron chi connectivity index (χ1n) is 13.4. The molecule has 0 unspecified atom stereocenters. The van der Waals surface area contributed by atoms with Gasteiger partial charge in [0.05, 0.1) is 11.0 Å². The number of hydrogen-bond donors (Lipinski definition) is 4. The minimum absolute atomic E-state index is 0.0254. The number of aryl methyl sites for hydroxylation is 1. The van der Waals surface area contributed by atoms with Gasteiger partial charge in [0.25, 0.3) is 0 Å². The lowest BCUT2D eigenvalue weighted by Gasteiger charge is -2.18. The molecule has 4 rings (SSSR count). The molecular formula is C29H34N6O6. The largest absolute Gasteiger partial charge is 0.481 e. The molecule has 0 radical (unpaired) electrons. The van der Waals surface area contributed by atoms with Crippen LogP contribution in [-0.2, 0) is 38.8 Å². The molecule has 0 saturated heterocycles. The molecule has 41 heavy (non-hydrogen) atoms. The van der Waals surface area contributed by atoms with Crippen LogP contribution in [0.15, 0.2) is 54.6 Å². The second kappa shape index (κ2) is 14.1. The van der Waals surface area contributed by atoms with Crippen LogP contribution in [0.3, 0.4) is 0 Å². The van der Waals surface area contributed by atoms with Gasteiger partial charge in [0.1, 0.15) is 30.6 Å². The van der Waals surface area contributed by atoms with Crippen LogP contribution in [0.25, 0.3) is 21.9 Å². The normalized spacial score (nSPS) is 11.8. The van der Waals surface area contributed by atoms with Gasteiger partial charge in [-0.25, -0.2) is 14.8 Å². The molecule has 2 heterocycles. The molecule has 216 valence electrons. The minimum Gasteiger partial charge on any atom is -0.481 e. The number of nitrogens with one attached hydrogen (secondary N) is 2. The number of imidazole rings is 1. The van der Waals surface area contributed by atoms with Gasteiger partial charge in [-0.2, -0.15) is 0 Å². The number of carbonyl (C=O) groups excluding carboxylic acids is 2. The van der Waals surface area contributed by atoms with Crippen molar-refractivity contribution in [3.8, 4) is 0 Å². The smallest absolute Gasteiger partial charge is 0.408 e. The number of anilines is 1. The maximum Gasteiger partial charge on any atom is 0.408 e. The lowest BCUT2D eigenvalue weighted by Crippen LogP contribution is -2.47. The number of rotatable bonds is 14. The molecular weight excluding hydrogens is 528 g/mol. The maximum absolute atomic E-state index is 12.9. The van der Waals surface area contributed by atoms with E-state index in [1.165, 1.54) is 0 Å². The zero-order valence-electron chi connectivity index (χ0n) is 22.8. The number of nitrogens with zero attached hydrogens (tertiary/aromatic N) is 3. The van der Waals surface area contributed by atoms with Gasteiger partial charge in [0.15, 0.2) is 5.82 Å². The molecule has 12 heteroatoms. The van der Waals surface area contributed by atoms with Crippen LogP contribution >= 0.6 is 0 Å². The Morgan fingerprint density at radius 2 is 1.80 bits per heavy atom. The number of hydrogen-bond acceptors (Lipinski definition) is 8. The third-order valence-electron chi connectivity index (χ3n) is 6.45. The van der Waals surface area contributed by atoms with Crippen LogP contribution in [0.2, 0.25) is 0 Å². The monoisotopic (exact) mass is 562 g/mol. The third-order valence-corrected chi connectivity index (χ3v) is 6.45. The summed E-state index contributed by atoms with van der Waals surface area (Å²) in [5.74, 6) is -0.543. The van der Waals surface area contributed by atoms with Gasteiger partial charge in [0.2, 0.25) is 5.91 Å². The number of carboxylic acid groups (broad SMARTS) is 1. The third kappa shape index (κ3) is 7.70. The van der Waals surface area contributed by atoms with Crippen molar-refractivity contribution in [1.29, 1.82) is 0 Å². The van der Waals surface area contributed by atoms with E-state index in [-0.39, 0.29) is 32.6 Å². The Bertz CT molecular complexity index is 1510. The Morgan fingerprint density at radius 1 is 1.05 bits per heavy atom. The molecule has 4 aromatic rings. The number of aliphatic carboxylic acids is 1. The van der Waals surface area contributed by atoms with E-state index in [1.807, 2.05) is 54.0 Å². The quantitative estimate of drug-likeness (QED) is 0.168. The summed E-state index contributed by atoms with van der Waals surface area (Å²) < 4.78 is 12.9. The molecule has 2 aromatic carbocycles. The predicted octanol–water partition coefficient (Wildman–Crippen LogP) is 3.37. The van der Waals surface area contributed by atoms with Crippen molar-refractivity contribution in [2.24, 2.45) is 0 Å². The summed E-state index contributed by atoms with van der Waals surface area (Å²) in [6.45, 7) is 3.51. The summed E-state index contributed by atoms with van der Waals surface area (Å²) >= 11 is 0. The molecule has 0 fully saturated rings. The van der Waals surface area contributed by atoms with Gasteiger partial charge in [-0.05, 0) is 31.4 Å². The molecule has 0 aliphatic rings. The molecule has 2 aromatic heterocycles. The van der Waals surface area contributed by atoms with Crippen LogP contribution in [-0.4, -0.2) is 56.8 Å². The van der Waals surface area contributed by atoms with Crippen LogP contribution in [0, 0.1) is 0 Å². The van der Waals surface area contributed by atoms with Crippen LogP contribution < -0.4 is 16.4 Å². The van der Waals surface area contributed by atoms with E-state index >= 15 is 0 Å². The van der Waals surface area contributed by atoms with Crippen molar-refractivity contribution in [3.63, 3.8) is 0 Å². The van der Waals surface area contributed by atoms with E-state index in [2.05, 4.69) is 15.6 Å². The number of carboxylic acids is 1. The number of nitrogens with two attached hydrogens (primary N) is 1. The molecule has 12 nitrogen and oxygen atoms in total. The van der Waals surface area contributed by atoms with Gasteiger partial charge in [0, 0.05) is 31.5 Å². The predicted molar refractivity (Wildman–Crippen MR) is 153 cm³/mol. The Morgan fingerprint density at radius 3 is 2.56 bits per heavy atom. The van der Waals surface area contributed by atoms with E-state index in [4.69, 9.17) is 25.3 Å². The summed E-state index contributed by atoms with van der Waals surface area (Å²) in [7, 11) is 0. The summed E-state index contributed by atoms with van der Waals surface area (Å²) in [5, 5.41) is 15.3. The lowest BCUT2D eigenvalue weighted by atomic mass is 10.1. The number of benzene rings is 2. The Labute approximate surface area is 236 Å². The van der Waals surface area contributed by atoms with Gasteiger partial charge in [-0.3, -0.25) is 9.59 Å². The minimum atomic E-state index is -1.07. The Hall–Kier alpha value is -4.71. The average molecular weight is 563 g/mol. The highest BCUT2D eigenvalue weighted by Gasteiger charge is 2.23. The zero-order chi connectivity index (χ0) is 29.2. The van der Waals surface area contributed by atoms with Gasteiger partial charge < -0.3 is 35.5 Å². The highest BCUT2D eigenvalue weighted by atomic mass is 16.5. The van der Waals surface area contributed by atoms with Crippen molar-refractivity contribution < 1.29 is 29.0 Å². The number of alkyl carbamates (subject to hydrolysis) is 1. The number of fused-ring (bicyclic) bond motifs is 3. The fourth-order valence-electron chi connectivity index (χ4n) is 4.46. The number of ether oxygens (including phenoxy) is 2. The lowest BCUT2D eigenvalue weighted by molar-refractivity contribution is -0.137. The average Bonchev–Trinajstić information content (AvgIpc) is 3.34. The first-order valence-corrected chi connectivity index (χ1v) is 13.4. The van der Waals surface area contributed by atoms with E-state index < -0.39 is 24.0 Å². The van der Waals surface area contributed by atoms with Crippen molar-refractivity contribution >= 4 is 45.7 Å². The Kier molecular flexibility index (Phi) is 10.1. The molecule has 0 saturated carbocycles. The molecule has 0 spiro atoms. The van der Waals surface area contributed by atoms with E-state index in [1.54, 1.807) is 12.1 Å². The SMILES string of the molecule is CCOCc1nc2c(N)nc3ccccc3c2n1CCCNC(=O)[C@H](CCC(=O)O)NC(=O)OCc1ccccc1. The van der Waals surface area contributed by atoms with Gasteiger partial charge in [-0.15, -0.1) is 0 Å². The van der Waals surface area contributed by atoms with Crippen molar-refractivity contribution in [2.45, 2.75) is 52.0 Å². The molecule has 1 atom stereocenters. The van der Waals surface area contributed by atoms with Crippen molar-refractivity contribution in [3.05, 3.63) is 66.0 Å². The number of aromatic nitrogens is 3. The molecule has 2 amide bonds. The topological polar surface area (TPSA) is 171 Å². The molecule has 0 aliphatic heterocycles. The fourth-order valence-corrected chi connectivity index (χ4v) is 4.46. The summed E-state index contributed by atoms with van der Waals surface area (Å²) in [6.07, 6.45) is -0.647. The van der Waals surface area contributed by atoms with Crippen molar-refractivity contribution in [2.75, 3.05) is 18.9 Å². The highest BCUT2D eigenvalue weighted by Crippen LogP contribution is 2.29. The van der Waals surface area contributed by atoms with E-state index in [0.717, 1.165) is 22.0 Å². The second-order valence-corrected chi connectivity index (χ2v) is 9.36. The first-order chi connectivity index (χ1) is 19.9.